The van der Waals surface area contributed by atoms with Crippen LogP contribution in [0.2, 0.25) is 0 Å². The number of benzene rings is 3. The Labute approximate surface area is 185 Å². The van der Waals surface area contributed by atoms with Crippen molar-refractivity contribution in [1.29, 1.82) is 0 Å². The summed E-state index contributed by atoms with van der Waals surface area (Å²) in [4.78, 5) is 5.14. The molecule has 0 radical (unpaired) electrons. The largest absolute Gasteiger partial charge is 0.255 e. The average Bonchev–Trinajstić information content (AvgIpc) is 3.53. The van der Waals surface area contributed by atoms with Crippen LogP contribution in [0.1, 0.15) is 60.4 Å². The number of pyridine rings is 1. The second-order valence-electron chi connectivity index (χ2n) is 9.99. The minimum atomic E-state index is 0.651. The summed E-state index contributed by atoms with van der Waals surface area (Å²) in [6, 6.07) is 20.7. The molecule has 1 heteroatoms. The van der Waals surface area contributed by atoms with Gasteiger partial charge in [-0.2, -0.15) is 0 Å². The molecule has 4 aromatic rings. The Bertz CT molecular complexity index is 1320. The van der Waals surface area contributed by atoms with E-state index in [1.54, 1.807) is 0 Å². The fourth-order valence-electron chi connectivity index (χ4n) is 5.43. The van der Waals surface area contributed by atoms with Gasteiger partial charge >= 0.3 is 0 Å². The van der Waals surface area contributed by atoms with Gasteiger partial charge in [0.25, 0.3) is 0 Å². The summed E-state index contributed by atoms with van der Waals surface area (Å²) >= 11 is 0. The predicted octanol–water partition coefficient (Wildman–Crippen LogP) is 7.86. The first kappa shape index (κ1) is 18.8. The highest BCUT2D eigenvalue weighted by Gasteiger charge is 2.28. The summed E-state index contributed by atoms with van der Waals surface area (Å²) in [6.07, 6.45) is 6.90. The number of rotatable bonds is 4. The lowest BCUT2D eigenvalue weighted by atomic mass is 9.91. The van der Waals surface area contributed by atoms with Crippen LogP contribution in [0.3, 0.4) is 0 Å². The molecule has 0 aliphatic heterocycles. The van der Waals surface area contributed by atoms with Crippen molar-refractivity contribution < 1.29 is 0 Å². The van der Waals surface area contributed by atoms with E-state index in [2.05, 4.69) is 81.6 Å². The first-order valence-corrected chi connectivity index (χ1v) is 11.7. The lowest BCUT2D eigenvalue weighted by molar-refractivity contribution is 0.648. The topological polar surface area (TPSA) is 12.9 Å². The van der Waals surface area contributed by atoms with E-state index in [4.69, 9.17) is 4.98 Å². The van der Waals surface area contributed by atoms with Crippen molar-refractivity contribution in [2.75, 3.05) is 0 Å². The van der Waals surface area contributed by atoms with Gasteiger partial charge in [0.15, 0.2) is 0 Å². The van der Waals surface area contributed by atoms with Gasteiger partial charge < -0.3 is 0 Å². The second-order valence-corrected chi connectivity index (χ2v) is 9.99. The minimum Gasteiger partial charge on any atom is -0.255 e. The van der Waals surface area contributed by atoms with Gasteiger partial charge in [0, 0.05) is 17.1 Å². The molecule has 0 amide bonds. The van der Waals surface area contributed by atoms with Gasteiger partial charge in [-0.15, -0.1) is 0 Å². The van der Waals surface area contributed by atoms with Crippen molar-refractivity contribution in [3.63, 3.8) is 0 Å². The summed E-state index contributed by atoms with van der Waals surface area (Å²) in [5.41, 5.74) is 12.3. The van der Waals surface area contributed by atoms with E-state index in [0.717, 1.165) is 18.5 Å². The van der Waals surface area contributed by atoms with Crippen LogP contribution >= 0.6 is 0 Å². The van der Waals surface area contributed by atoms with E-state index in [1.165, 1.54) is 68.1 Å². The Hall–Kier alpha value is -2.93. The van der Waals surface area contributed by atoms with Gasteiger partial charge in [-0.05, 0) is 101 Å². The molecule has 31 heavy (non-hydrogen) atoms. The summed E-state index contributed by atoms with van der Waals surface area (Å²) in [5.74, 6) is 1.35. The van der Waals surface area contributed by atoms with Crippen LogP contribution < -0.4 is 0 Å². The molecule has 1 heterocycles. The zero-order valence-corrected chi connectivity index (χ0v) is 18.7. The Morgan fingerprint density at radius 3 is 2.52 bits per heavy atom. The van der Waals surface area contributed by atoms with Gasteiger partial charge in [0.2, 0.25) is 0 Å². The number of fused-ring (bicyclic) bond motifs is 4. The maximum Gasteiger partial charge on any atom is 0.0783 e. The van der Waals surface area contributed by atoms with Crippen molar-refractivity contribution in [3.8, 4) is 22.4 Å². The summed E-state index contributed by atoms with van der Waals surface area (Å²) < 4.78 is 0. The monoisotopic (exact) mass is 403 g/mol. The first-order valence-electron chi connectivity index (χ1n) is 11.7. The Kier molecular flexibility index (Phi) is 4.28. The van der Waals surface area contributed by atoms with E-state index in [9.17, 15) is 0 Å². The van der Waals surface area contributed by atoms with Crippen molar-refractivity contribution in [2.45, 2.75) is 52.4 Å². The quantitative estimate of drug-likeness (QED) is 0.298. The highest BCUT2D eigenvalue weighted by molar-refractivity contribution is 5.99. The molecule has 1 nitrogen and oxygen atoms in total. The molecule has 0 saturated heterocycles. The van der Waals surface area contributed by atoms with E-state index in [1.807, 2.05) is 0 Å². The van der Waals surface area contributed by atoms with Gasteiger partial charge in [0.05, 0.1) is 5.69 Å². The number of hydrogen-bond acceptors (Lipinski definition) is 1. The van der Waals surface area contributed by atoms with Gasteiger partial charge in [-0.1, -0.05) is 56.3 Å². The number of aryl methyl sites for hydroxylation is 1. The molecule has 0 unspecified atom stereocenters. The molecule has 6 rings (SSSR count). The highest BCUT2D eigenvalue weighted by atomic mass is 14.7. The molecular weight excluding hydrogens is 374 g/mol. The molecule has 0 spiro atoms. The van der Waals surface area contributed by atoms with Crippen LogP contribution in [-0.2, 0) is 12.8 Å². The zero-order valence-electron chi connectivity index (χ0n) is 18.7. The molecule has 0 atom stereocenters. The fourth-order valence-corrected chi connectivity index (χ4v) is 5.43. The number of aromatic nitrogens is 1. The molecule has 154 valence electrons. The third-order valence-electron chi connectivity index (χ3n) is 6.97. The molecule has 0 N–H and O–H groups in total. The Morgan fingerprint density at radius 2 is 1.71 bits per heavy atom. The average molecular weight is 404 g/mol. The lowest BCUT2D eigenvalue weighted by Gasteiger charge is -2.16. The second kappa shape index (κ2) is 7.05. The van der Waals surface area contributed by atoms with E-state index in [-0.39, 0.29) is 0 Å². The van der Waals surface area contributed by atoms with Gasteiger partial charge in [0.1, 0.15) is 0 Å². The number of nitrogens with zero attached hydrogens (tertiary/aromatic N) is 1. The molecule has 2 aliphatic carbocycles. The summed E-state index contributed by atoms with van der Waals surface area (Å²) in [5, 5.41) is 2.75. The SMILES string of the molecule is Cc1cc2c(c(-c3ncc(C4CC4)c4ccc(CC(C)C)cc34)c1)Cc1ccccc1-2. The van der Waals surface area contributed by atoms with Crippen LogP contribution in [-0.4, -0.2) is 4.98 Å². The first-order chi connectivity index (χ1) is 15.1. The van der Waals surface area contributed by atoms with Crippen LogP contribution in [0.15, 0.2) is 60.8 Å². The van der Waals surface area contributed by atoms with E-state index >= 15 is 0 Å². The standard InChI is InChI=1S/C30H29N/c1-18(2)12-20-8-11-24-28(15-20)30(31-17-29(24)21-9-10-21)27-14-19(3)13-25-23-7-5-4-6-22(23)16-26(25)27/h4-8,11,13-15,17-18,21H,9-10,12,16H2,1-3H3. The predicted molar refractivity (Wildman–Crippen MR) is 131 cm³/mol. The fraction of sp³-hybridized carbons (Fsp3) is 0.300. The number of hydrogen-bond donors (Lipinski definition) is 0. The van der Waals surface area contributed by atoms with Crippen LogP contribution in [0.5, 0.6) is 0 Å². The normalized spacial score (nSPS) is 14.8. The maximum atomic E-state index is 5.14. The Balaban J connectivity index is 1.60. The zero-order chi connectivity index (χ0) is 21.1. The van der Waals surface area contributed by atoms with Crippen LogP contribution in [0, 0.1) is 12.8 Å². The lowest BCUT2D eigenvalue weighted by Crippen LogP contribution is -1.98. The van der Waals surface area contributed by atoms with E-state index in [0.29, 0.717) is 11.8 Å². The van der Waals surface area contributed by atoms with Crippen molar-refractivity contribution in [3.05, 3.63) is 88.6 Å². The van der Waals surface area contributed by atoms with E-state index < -0.39 is 0 Å². The molecule has 1 aromatic heterocycles. The van der Waals surface area contributed by atoms with Crippen molar-refractivity contribution >= 4 is 10.8 Å². The highest BCUT2D eigenvalue weighted by Crippen LogP contribution is 2.47. The van der Waals surface area contributed by atoms with Crippen molar-refractivity contribution in [2.24, 2.45) is 5.92 Å². The summed E-state index contributed by atoms with van der Waals surface area (Å²) in [7, 11) is 0. The minimum absolute atomic E-state index is 0.651. The van der Waals surface area contributed by atoms with Gasteiger partial charge in [-0.25, -0.2) is 0 Å². The third kappa shape index (κ3) is 3.19. The molecule has 3 aromatic carbocycles. The molecule has 2 aliphatic rings. The molecule has 1 fully saturated rings. The van der Waals surface area contributed by atoms with Crippen LogP contribution in [0.4, 0.5) is 0 Å². The van der Waals surface area contributed by atoms with Crippen molar-refractivity contribution in [1.82, 2.24) is 4.98 Å². The Morgan fingerprint density at radius 1 is 0.903 bits per heavy atom. The molecular formula is C30H29N. The van der Waals surface area contributed by atoms with Crippen LogP contribution in [0.25, 0.3) is 33.2 Å². The maximum absolute atomic E-state index is 5.14. The molecule has 1 saturated carbocycles. The molecule has 0 bridgehead atoms. The smallest absolute Gasteiger partial charge is 0.0783 e. The third-order valence-corrected chi connectivity index (χ3v) is 6.97. The summed E-state index contributed by atoms with van der Waals surface area (Å²) in [6.45, 7) is 6.82. The van der Waals surface area contributed by atoms with Gasteiger partial charge in [-0.3, -0.25) is 4.98 Å².